The number of carbonyl (C=O) groups excluding carboxylic acids is 1. The summed E-state index contributed by atoms with van der Waals surface area (Å²) in [6.07, 6.45) is 2.20. The van der Waals surface area contributed by atoms with Crippen molar-refractivity contribution in [2.75, 3.05) is 14.2 Å². The van der Waals surface area contributed by atoms with E-state index in [0.717, 1.165) is 24.2 Å². The van der Waals surface area contributed by atoms with Crippen LogP contribution in [-0.2, 0) is 9.53 Å². The number of methoxy groups -OCH3 is 2. The fraction of sp³-hybridized carbons (Fsp3) is 0.533. The van der Waals surface area contributed by atoms with Gasteiger partial charge in [-0.1, -0.05) is 12.1 Å². The van der Waals surface area contributed by atoms with Crippen LogP contribution < -0.4 is 10.1 Å². The zero-order valence-corrected chi connectivity index (χ0v) is 11.7. The van der Waals surface area contributed by atoms with Crippen molar-refractivity contribution in [3.05, 3.63) is 29.8 Å². The van der Waals surface area contributed by atoms with Crippen molar-refractivity contribution < 1.29 is 14.3 Å². The molecule has 1 unspecified atom stereocenters. The molecule has 4 nitrogen and oxygen atoms in total. The Morgan fingerprint density at radius 1 is 1.26 bits per heavy atom. The summed E-state index contributed by atoms with van der Waals surface area (Å²) in [5.74, 6) is 1.10. The van der Waals surface area contributed by atoms with Crippen LogP contribution in [0.2, 0.25) is 0 Å². The fourth-order valence-corrected chi connectivity index (χ4v) is 2.21. The maximum atomic E-state index is 11.8. The first kappa shape index (κ1) is 13.9. The van der Waals surface area contributed by atoms with Crippen molar-refractivity contribution in [2.24, 2.45) is 5.92 Å². The summed E-state index contributed by atoms with van der Waals surface area (Å²) in [4.78, 5) is 11.8. The van der Waals surface area contributed by atoms with Gasteiger partial charge in [-0.05, 0) is 43.4 Å². The number of hydrogen-bond acceptors (Lipinski definition) is 4. The van der Waals surface area contributed by atoms with E-state index < -0.39 is 0 Å². The lowest BCUT2D eigenvalue weighted by atomic mass is 10.1. The van der Waals surface area contributed by atoms with E-state index in [1.54, 1.807) is 7.11 Å². The normalized spacial score (nSPS) is 17.6. The van der Waals surface area contributed by atoms with Gasteiger partial charge in [-0.3, -0.25) is 10.1 Å². The van der Waals surface area contributed by atoms with Crippen molar-refractivity contribution in [3.8, 4) is 5.75 Å². The van der Waals surface area contributed by atoms with E-state index >= 15 is 0 Å². The standard InChI is InChI=1S/C15H21NO3/c1-10(11-6-8-13(18-2)9-7-11)16-14(12-4-5-12)15(17)19-3/h6-10,12,14,16H,4-5H2,1-3H3/t10-,14?/m0/s1. The summed E-state index contributed by atoms with van der Waals surface area (Å²) < 4.78 is 10.0. The predicted octanol–water partition coefficient (Wildman–Crippen LogP) is 2.30. The molecule has 1 saturated carbocycles. The topological polar surface area (TPSA) is 47.6 Å². The van der Waals surface area contributed by atoms with Gasteiger partial charge in [0.2, 0.25) is 0 Å². The molecule has 1 aromatic carbocycles. The van der Waals surface area contributed by atoms with Gasteiger partial charge in [0.25, 0.3) is 0 Å². The molecule has 1 aliphatic carbocycles. The van der Waals surface area contributed by atoms with Gasteiger partial charge in [0, 0.05) is 6.04 Å². The van der Waals surface area contributed by atoms with Crippen molar-refractivity contribution >= 4 is 5.97 Å². The molecule has 2 rings (SSSR count). The van der Waals surface area contributed by atoms with Crippen LogP contribution in [-0.4, -0.2) is 26.2 Å². The van der Waals surface area contributed by atoms with Crippen LogP contribution in [0.25, 0.3) is 0 Å². The average Bonchev–Trinajstić information content (AvgIpc) is 3.28. The van der Waals surface area contributed by atoms with Gasteiger partial charge in [-0.25, -0.2) is 0 Å². The van der Waals surface area contributed by atoms with Gasteiger partial charge in [0.1, 0.15) is 11.8 Å². The first-order valence-corrected chi connectivity index (χ1v) is 6.63. The van der Waals surface area contributed by atoms with Gasteiger partial charge < -0.3 is 9.47 Å². The van der Waals surface area contributed by atoms with Crippen LogP contribution in [0.4, 0.5) is 0 Å². The van der Waals surface area contributed by atoms with Gasteiger partial charge in [0.05, 0.1) is 14.2 Å². The molecule has 1 fully saturated rings. The summed E-state index contributed by atoms with van der Waals surface area (Å²) in [7, 11) is 3.09. The predicted molar refractivity (Wildman–Crippen MR) is 73.1 cm³/mol. The Balaban J connectivity index is 2.01. The van der Waals surface area contributed by atoms with Crippen LogP contribution >= 0.6 is 0 Å². The average molecular weight is 263 g/mol. The molecule has 19 heavy (non-hydrogen) atoms. The molecule has 0 amide bonds. The second kappa shape index (κ2) is 6.06. The zero-order chi connectivity index (χ0) is 13.8. The van der Waals surface area contributed by atoms with Crippen LogP contribution in [0.15, 0.2) is 24.3 Å². The van der Waals surface area contributed by atoms with E-state index in [-0.39, 0.29) is 18.1 Å². The van der Waals surface area contributed by atoms with Gasteiger partial charge >= 0.3 is 5.97 Å². The van der Waals surface area contributed by atoms with Crippen LogP contribution in [0, 0.1) is 5.92 Å². The van der Waals surface area contributed by atoms with Gasteiger partial charge in [-0.2, -0.15) is 0 Å². The largest absolute Gasteiger partial charge is 0.497 e. The van der Waals surface area contributed by atoms with Crippen LogP contribution in [0.1, 0.15) is 31.4 Å². The Morgan fingerprint density at radius 2 is 1.89 bits per heavy atom. The lowest BCUT2D eigenvalue weighted by molar-refractivity contribution is -0.144. The minimum Gasteiger partial charge on any atom is -0.497 e. The highest BCUT2D eigenvalue weighted by Gasteiger charge is 2.37. The Morgan fingerprint density at radius 3 is 2.37 bits per heavy atom. The number of benzene rings is 1. The number of ether oxygens (including phenoxy) is 2. The molecule has 4 heteroatoms. The Hall–Kier alpha value is -1.55. The minimum absolute atomic E-state index is 0.107. The van der Waals surface area contributed by atoms with Gasteiger partial charge in [0.15, 0.2) is 0 Å². The Labute approximate surface area is 114 Å². The fourth-order valence-electron chi connectivity index (χ4n) is 2.21. The van der Waals surface area contributed by atoms with Crippen molar-refractivity contribution in [3.63, 3.8) is 0 Å². The molecule has 2 atom stereocenters. The molecule has 0 radical (unpaired) electrons. The van der Waals surface area contributed by atoms with E-state index in [1.165, 1.54) is 7.11 Å². The second-order valence-corrected chi connectivity index (χ2v) is 5.00. The van der Waals surface area contributed by atoms with E-state index in [1.807, 2.05) is 24.3 Å². The lowest BCUT2D eigenvalue weighted by Gasteiger charge is -2.21. The molecule has 1 aromatic rings. The highest BCUT2D eigenvalue weighted by atomic mass is 16.5. The third kappa shape index (κ3) is 3.47. The van der Waals surface area contributed by atoms with E-state index in [0.29, 0.717) is 5.92 Å². The third-order valence-electron chi connectivity index (χ3n) is 3.59. The Bertz CT molecular complexity index is 426. The van der Waals surface area contributed by atoms with Gasteiger partial charge in [-0.15, -0.1) is 0 Å². The molecular weight excluding hydrogens is 242 g/mol. The first-order chi connectivity index (χ1) is 9.15. The molecule has 1 N–H and O–H groups in total. The first-order valence-electron chi connectivity index (χ1n) is 6.63. The monoisotopic (exact) mass is 263 g/mol. The molecule has 0 aromatic heterocycles. The van der Waals surface area contributed by atoms with Crippen molar-refractivity contribution in [2.45, 2.75) is 31.8 Å². The number of rotatable bonds is 6. The quantitative estimate of drug-likeness (QED) is 0.800. The van der Waals surface area contributed by atoms with E-state index in [2.05, 4.69) is 12.2 Å². The zero-order valence-electron chi connectivity index (χ0n) is 11.7. The molecule has 0 saturated heterocycles. The maximum Gasteiger partial charge on any atom is 0.323 e. The van der Waals surface area contributed by atoms with Crippen molar-refractivity contribution in [1.82, 2.24) is 5.32 Å². The van der Waals surface area contributed by atoms with Crippen molar-refractivity contribution in [1.29, 1.82) is 0 Å². The molecule has 0 bridgehead atoms. The lowest BCUT2D eigenvalue weighted by Crippen LogP contribution is -2.40. The summed E-state index contributed by atoms with van der Waals surface area (Å²) >= 11 is 0. The van der Waals surface area contributed by atoms with Crippen LogP contribution in [0.3, 0.4) is 0 Å². The molecule has 1 aliphatic rings. The highest BCUT2D eigenvalue weighted by molar-refractivity contribution is 5.76. The Kier molecular flexibility index (Phi) is 4.43. The number of nitrogens with one attached hydrogen (secondary N) is 1. The molecule has 0 aliphatic heterocycles. The van der Waals surface area contributed by atoms with Crippen LogP contribution in [0.5, 0.6) is 5.75 Å². The van der Waals surface area contributed by atoms with E-state index in [4.69, 9.17) is 9.47 Å². The molecule has 104 valence electrons. The maximum absolute atomic E-state index is 11.8. The number of hydrogen-bond donors (Lipinski definition) is 1. The summed E-state index contributed by atoms with van der Waals surface area (Å²) in [6, 6.07) is 7.79. The highest BCUT2D eigenvalue weighted by Crippen LogP contribution is 2.34. The third-order valence-corrected chi connectivity index (χ3v) is 3.59. The minimum atomic E-state index is -0.192. The second-order valence-electron chi connectivity index (χ2n) is 5.00. The summed E-state index contributed by atoms with van der Waals surface area (Å²) in [5, 5.41) is 3.37. The smallest absolute Gasteiger partial charge is 0.323 e. The summed E-state index contributed by atoms with van der Waals surface area (Å²) in [5.41, 5.74) is 1.13. The SMILES string of the molecule is COC(=O)C(N[C@@H](C)c1ccc(OC)cc1)C1CC1. The molecule has 0 heterocycles. The molecular formula is C15H21NO3. The number of esters is 1. The van der Waals surface area contributed by atoms with E-state index in [9.17, 15) is 4.79 Å². The molecule has 0 spiro atoms. The summed E-state index contributed by atoms with van der Waals surface area (Å²) in [6.45, 7) is 2.06. The number of carbonyl (C=O) groups is 1.